The highest BCUT2D eigenvalue weighted by atomic mass is 16.5. The lowest BCUT2D eigenvalue weighted by Crippen LogP contribution is -2.40. The highest BCUT2D eigenvalue weighted by Crippen LogP contribution is 2.39. The molecule has 2 fully saturated rings. The van der Waals surface area contributed by atoms with Crippen LogP contribution >= 0.6 is 0 Å². The van der Waals surface area contributed by atoms with Crippen molar-refractivity contribution in [2.24, 2.45) is 0 Å². The van der Waals surface area contributed by atoms with Crippen molar-refractivity contribution in [3.63, 3.8) is 0 Å². The average molecular weight is 365 g/mol. The summed E-state index contributed by atoms with van der Waals surface area (Å²) >= 11 is 0. The zero-order valence-corrected chi connectivity index (χ0v) is 15.4. The second-order valence-corrected chi connectivity index (χ2v) is 7.53. The topological polar surface area (TPSA) is 69.2 Å². The summed E-state index contributed by atoms with van der Waals surface area (Å²) in [6.45, 7) is 0.380. The van der Waals surface area contributed by atoms with E-state index in [0.717, 1.165) is 29.8 Å². The number of benzene rings is 1. The van der Waals surface area contributed by atoms with E-state index in [0.29, 0.717) is 30.5 Å². The number of fused-ring (bicyclic) bond motifs is 2. The molecule has 3 aromatic rings. The Kier molecular flexibility index (Phi) is 4.16. The summed E-state index contributed by atoms with van der Waals surface area (Å²) in [4.78, 5) is 2.54. The van der Waals surface area contributed by atoms with Crippen molar-refractivity contribution in [1.82, 2.24) is 25.1 Å². The summed E-state index contributed by atoms with van der Waals surface area (Å²) in [5, 5.41) is 12.5. The maximum absolute atomic E-state index is 6.01. The zero-order valence-electron chi connectivity index (χ0n) is 15.4. The molecule has 140 valence electrons. The molecule has 2 aliphatic heterocycles. The number of rotatable bonds is 5. The normalized spacial score (nSPS) is 25.0. The van der Waals surface area contributed by atoms with Crippen LogP contribution in [-0.4, -0.2) is 44.2 Å². The Bertz CT molecular complexity index is 893. The van der Waals surface area contributed by atoms with Crippen LogP contribution in [0.15, 0.2) is 47.2 Å². The van der Waals surface area contributed by atoms with Crippen molar-refractivity contribution in [3.05, 3.63) is 48.4 Å². The summed E-state index contributed by atoms with van der Waals surface area (Å²) in [6.07, 6.45) is 8.59. The van der Waals surface area contributed by atoms with Gasteiger partial charge in [-0.3, -0.25) is 0 Å². The van der Waals surface area contributed by atoms with E-state index in [2.05, 4.69) is 27.4 Å². The molecule has 0 saturated carbocycles. The minimum Gasteiger partial charge on any atom is -0.486 e. The third kappa shape index (κ3) is 3.12. The molecular formula is C20H23N5O2. The molecular weight excluding hydrogens is 342 g/mol. The second kappa shape index (κ2) is 6.81. The molecule has 2 aliphatic rings. The van der Waals surface area contributed by atoms with Crippen molar-refractivity contribution in [3.8, 4) is 17.1 Å². The molecule has 0 N–H and O–H groups in total. The van der Waals surface area contributed by atoms with Crippen molar-refractivity contribution in [1.29, 1.82) is 0 Å². The SMILES string of the molecule is CN1[C@@H]2CC[C@H]1CC(n1cc(COc3ccccc3-c3ccno3)nn1)C2. The molecule has 27 heavy (non-hydrogen) atoms. The van der Waals surface area contributed by atoms with Gasteiger partial charge in [-0.15, -0.1) is 5.10 Å². The lowest BCUT2D eigenvalue weighted by molar-refractivity contribution is 0.130. The van der Waals surface area contributed by atoms with E-state index in [1.54, 1.807) is 6.20 Å². The standard InChI is InChI=1S/C20H23N5O2/c1-24-15-6-7-16(24)11-17(10-15)25-12-14(22-23-25)13-26-19-5-3-2-4-18(19)20-8-9-21-27-20/h2-5,8-9,12,15-17H,6-7,10-11,13H2,1H3/t15-,16+,17?. The van der Waals surface area contributed by atoms with Gasteiger partial charge in [-0.25, -0.2) is 4.68 Å². The first-order valence-electron chi connectivity index (χ1n) is 9.53. The third-order valence-electron chi connectivity index (χ3n) is 5.97. The summed E-state index contributed by atoms with van der Waals surface area (Å²) in [6, 6.07) is 11.4. The Morgan fingerprint density at radius 3 is 2.70 bits per heavy atom. The number of aromatic nitrogens is 4. The van der Waals surface area contributed by atoms with Gasteiger partial charge in [0.2, 0.25) is 0 Å². The molecule has 0 amide bonds. The Morgan fingerprint density at radius 2 is 1.93 bits per heavy atom. The van der Waals surface area contributed by atoms with E-state index >= 15 is 0 Å². The smallest absolute Gasteiger partial charge is 0.170 e. The summed E-state index contributed by atoms with van der Waals surface area (Å²) in [7, 11) is 2.26. The van der Waals surface area contributed by atoms with Crippen LogP contribution in [0.2, 0.25) is 0 Å². The van der Waals surface area contributed by atoms with Crippen molar-refractivity contribution < 1.29 is 9.26 Å². The molecule has 0 aliphatic carbocycles. The van der Waals surface area contributed by atoms with Gasteiger partial charge >= 0.3 is 0 Å². The van der Waals surface area contributed by atoms with Gasteiger partial charge in [-0.1, -0.05) is 22.5 Å². The number of nitrogens with zero attached hydrogens (tertiary/aromatic N) is 5. The monoisotopic (exact) mass is 365 g/mol. The molecule has 2 aromatic heterocycles. The number of piperidine rings is 1. The molecule has 1 unspecified atom stereocenters. The maximum Gasteiger partial charge on any atom is 0.170 e. The van der Waals surface area contributed by atoms with E-state index in [1.165, 1.54) is 12.8 Å². The predicted molar refractivity (Wildman–Crippen MR) is 99.1 cm³/mol. The molecule has 7 nitrogen and oxygen atoms in total. The highest BCUT2D eigenvalue weighted by molar-refractivity contribution is 5.65. The molecule has 2 bridgehead atoms. The number of para-hydroxylation sites is 1. The van der Waals surface area contributed by atoms with Crippen molar-refractivity contribution in [2.45, 2.75) is 50.4 Å². The van der Waals surface area contributed by atoms with Crippen molar-refractivity contribution >= 4 is 0 Å². The summed E-state index contributed by atoms with van der Waals surface area (Å²) < 4.78 is 13.3. The fraction of sp³-hybridized carbons (Fsp3) is 0.450. The van der Waals surface area contributed by atoms with Crippen LogP contribution in [0.25, 0.3) is 11.3 Å². The Hall–Kier alpha value is -2.67. The van der Waals surface area contributed by atoms with Gasteiger partial charge in [0.1, 0.15) is 18.1 Å². The van der Waals surface area contributed by atoms with Crippen LogP contribution in [0, 0.1) is 0 Å². The molecule has 2 saturated heterocycles. The summed E-state index contributed by atoms with van der Waals surface area (Å²) in [5.41, 5.74) is 1.72. The van der Waals surface area contributed by atoms with E-state index in [9.17, 15) is 0 Å². The second-order valence-electron chi connectivity index (χ2n) is 7.53. The number of ether oxygens (including phenoxy) is 1. The van der Waals surface area contributed by atoms with Crippen LogP contribution in [0.1, 0.15) is 37.4 Å². The Labute approximate surface area is 157 Å². The molecule has 0 spiro atoms. The van der Waals surface area contributed by atoms with Gasteiger partial charge < -0.3 is 14.2 Å². The van der Waals surface area contributed by atoms with Crippen LogP contribution < -0.4 is 4.74 Å². The zero-order chi connectivity index (χ0) is 18.2. The Balaban J connectivity index is 1.27. The Morgan fingerprint density at radius 1 is 1.11 bits per heavy atom. The first-order valence-corrected chi connectivity index (χ1v) is 9.53. The molecule has 3 atom stereocenters. The van der Waals surface area contributed by atoms with E-state index in [1.807, 2.05) is 41.2 Å². The van der Waals surface area contributed by atoms with E-state index in [-0.39, 0.29) is 0 Å². The van der Waals surface area contributed by atoms with Gasteiger partial charge in [-0.05, 0) is 44.9 Å². The van der Waals surface area contributed by atoms with E-state index in [4.69, 9.17) is 9.26 Å². The van der Waals surface area contributed by atoms with Gasteiger partial charge in [-0.2, -0.15) is 0 Å². The van der Waals surface area contributed by atoms with Crippen molar-refractivity contribution in [2.75, 3.05) is 7.05 Å². The van der Waals surface area contributed by atoms with Gasteiger partial charge in [0, 0.05) is 18.2 Å². The molecule has 4 heterocycles. The van der Waals surface area contributed by atoms with E-state index < -0.39 is 0 Å². The molecule has 5 rings (SSSR count). The van der Waals surface area contributed by atoms with Crippen LogP contribution in [0.4, 0.5) is 0 Å². The van der Waals surface area contributed by atoms with Gasteiger partial charge in [0.25, 0.3) is 0 Å². The number of hydrogen-bond acceptors (Lipinski definition) is 6. The molecule has 0 radical (unpaired) electrons. The lowest BCUT2D eigenvalue weighted by Gasteiger charge is -2.36. The molecule has 1 aromatic carbocycles. The number of hydrogen-bond donors (Lipinski definition) is 0. The minimum absolute atomic E-state index is 0.380. The molecule has 7 heteroatoms. The maximum atomic E-state index is 6.01. The van der Waals surface area contributed by atoms with Crippen LogP contribution in [0.3, 0.4) is 0 Å². The van der Waals surface area contributed by atoms with Gasteiger partial charge in [0.05, 0.1) is 24.0 Å². The first-order chi connectivity index (χ1) is 13.3. The third-order valence-corrected chi connectivity index (χ3v) is 5.97. The predicted octanol–water partition coefficient (Wildman–Crippen LogP) is 3.31. The fourth-order valence-electron chi connectivity index (χ4n) is 4.46. The average Bonchev–Trinajstić information content (AvgIpc) is 3.41. The first kappa shape index (κ1) is 16.5. The fourth-order valence-corrected chi connectivity index (χ4v) is 4.46. The van der Waals surface area contributed by atoms with Crippen LogP contribution in [0.5, 0.6) is 5.75 Å². The lowest BCUT2D eigenvalue weighted by atomic mass is 9.98. The quantitative estimate of drug-likeness (QED) is 0.691. The highest BCUT2D eigenvalue weighted by Gasteiger charge is 2.39. The van der Waals surface area contributed by atoms with Gasteiger partial charge in [0.15, 0.2) is 5.76 Å². The van der Waals surface area contributed by atoms with Crippen LogP contribution in [-0.2, 0) is 6.61 Å². The minimum atomic E-state index is 0.380. The summed E-state index contributed by atoms with van der Waals surface area (Å²) in [5.74, 6) is 1.44. The largest absolute Gasteiger partial charge is 0.486 e.